The molecule has 174 valence electrons. The number of halogens is 1. The number of anilines is 1. The third kappa shape index (κ3) is 4.06. The number of amides is 1. The van der Waals surface area contributed by atoms with Gasteiger partial charge in [-0.25, -0.2) is 17.5 Å². The van der Waals surface area contributed by atoms with Crippen LogP contribution in [0.25, 0.3) is 5.69 Å². The highest BCUT2D eigenvalue weighted by Crippen LogP contribution is 2.32. The van der Waals surface area contributed by atoms with Gasteiger partial charge < -0.3 is 4.90 Å². The van der Waals surface area contributed by atoms with Crippen molar-refractivity contribution in [2.45, 2.75) is 38.5 Å². The number of hydrogen-bond acceptors (Lipinski definition) is 4. The van der Waals surface area contributed by atoms with Crippen LogP contribution in [0.1, 0.15) is 41.9 Å². The molecule has 4 rings (SSSR count). The molecule has 0 unspecified atom stereocenters. The molecule has 1 aliphatic heterocycles. The first-order valence-corrected chi connectivity index (χ1v) is 12.5. The van der Waals surface area contributed by atoms with E-state index in [2.05, 4.69) is 5.10 Å². The van der Waals surface area contributed by atoms with Gasteiger partial charge in [-0.2, -0.15) is 9.40 Å². The molecule has 0 saturated carbocycles. The zero-order valence-corrected chi connectivity index (χ0v) is 19.8. The SMILES string of the molecule is CCN(CC)S(=O)(=O)c1ccc2c(c1)CCCN2C(=O)c1cnn(-c2ccccc2F)c1C. The van der Waals surface area contributed by atoms with Gasteiger partial charge in [0.1, 0.15) is 11.5 Å². The molecule has 0 bridgehead atoms. The molecule has 1 amide bonds. The molecular formula is C24H27FN4O3S. The van der Waals surface area contributed by atoms with Crippen LogP contribution in [0, 0.1) is 12.7 Å². The summed E-state index contributed by atoms with van der Waals surface area (Å²) >= 11 is 0. The molecule has 1 aliphatic rings. The predicted molar refractivity (Wildman–Crippen MR) is 125 cm³/mol. The summed E-state index contributed by atoms with van der Waals surface area (Å²) in [5.41, 5.74) is 2.72. The Balaban J connectivity index is 1.68. The lowest BCUT2D eigenvalue weighted by Gasteiger charge is -2.30. The highest BCUT2D eigenvalue weighted by Gasteiger charge is 2.29. The van der Waals surface area contributed by atoms with E-state index in [1.807, 2.05) is 13.8 Å². The van der Waals surface area contributed by atoms with Crippen molar-refractivity contribution in [2.75, 3.05) is 24.5 Å². The number of carbonyl (C=O) groups is 1. The van der Waals surface area contributed by atoms with E-state index in [1.54, 1.807) is 48.2 Å². The van der Waals surface area contributed by atoms with Crippen LogP contribution >= 0.6 is 0 Å². The Bertz CT molecular complexity index is 1300. The Morgan fingerprint density at radius 3 is 2.55 bits per heavy atom. The number of rotatable bonds is 6. The van der Waals surface area contributed by atoms with Gasteiger partial charge in [0.05, 0.1) is 22.3 Å². The number of nitrogens with zero attached hydrogens (tertiary/aromatic N) is 4. The van der Waals surface area contributed by atoms with Crippen LogP contribution in [0.15, 0.2) is 53.6 Å². The van der Waals surface area contributed by atoms with E-state index in [9.17, 15) is 17.6 Å². The lowest BCUT2D eigenvalue weighted by molar-refractivity contribution is 0.0984. The second-order valence-electron chi connectivity index (χ2n) is 7.95. The first-order chi connectivity index (χ1) is 15.8. The predicted octanol–water partition coefficient (Wildman–Crippen LogP) is 3.94. The van der Waals surface area contributed by atoms with Crippen LogP contribution in [0.3, 0.4) is 0 Å². The van der Waals surface area contributed by atoms with E-state index < -0.39 is 15.8 Å². The average Bonchev–Trinajstić information content (AvgIpc) is 3.19. The lowest BCUT2D eigenvalue weighted by Crippen LogP contribution is -2.36. The summed E-state index contributed by atoms with van der Waals surface area (Å²) in [4.78, 5) is 15.3. The number of hydrogen-bond donors (Lipinski definition) is 0. The fourth-order valence-corrected chi connectivity index (χ4v) is 5.80. The van der Waals surface area contributed by atoms with E-state index in [1.165, 1.54) is 21.3 Å². The molecule has 7 nitrogen and oxygen atoms in total. The minimum atomic E-state index is -3.58. The van der Waals surface area contributed by atoms with Gasteiger partial charge in [0, 0.05) is 25.3 Å². The highest BCUT2D eigenvalue weighted by atomic mass is 32.2. The van der Waals surface area contributed by atoms with Crippen molar-refractivity contribution in [3.63, 3.8) is 0 Å². The lowest BCUT2D eigenvalue weighted by atomic mass is 10.0. The van der Waals surface area contributed by atoms with Crippen molar-refractivity contribution in [3.8, 4) is 5.69 Å². The molecule has 33 heavy (non-hydrogen) atoms. The van der Waals surface area contributed by atoms with E-state index in [0.717, 1.165) is 5.56 Å². The molecule has 2 aromatic carbocycles. The number of benzene rings is 2. The Hall–Kier alpha value is -3.04. The minimum absolute atomic E-state index is 0.239. The van der Waals surface area contributed by atoms with Crippen LogP contribution in [0.4, 0.5) is 10.1 Å². The monoisotopic (exact) mass is 470 g/mol. The van der Waals surface area contributed by atoms with Crippen LogP contribution in [-0.4, -0.2) is 48.0 Å². The molecule has 1 aromatic heterocycles. The second-order valence-corrected chi connectivity index (χ2v) is 9.88. The van der Waals surface area contributed by atoms with Crippen molar-refractivity contribution in [3.05, 3.63) is 71.3 Å². The van der Waals surface area contributed by atoms with Crippen LogP contribution in [-0.2, 0) is 16.4 Å². The van der Waals surface area contributed by atoms with Crippen molar-refractivity contribution < 1.29 is 17.6 Å². The van der Waals surface area contributed by atoms with E-state index in [0.29, 0.717) is 49.4 Å². The summed E-state index contributed by atoms with van der Waals surface area (Å²) in [6, 6.07) is 11.2. The van der Waals surface area contributed by atoms with E-state index >= 15 is 0 Å². The minimum Gasteiger partial charge on any atom is -0.308 e. The molecule has 0 fully saturated rings. The zero-order valence-electron chi connectivity index (χ0n) is 19.0. The number of aryl methyl sites for hydroxylation is 1. The second kappa shape index (κ2) is 9.07. The molecule has 3 aromatic rings. The molecule has 0 N–H and O–H groups in total. The molecule has 0 saturated heterocycles. The largest absolute Gasteiger partial charge is 0.308 e. The quantitative estimate of drug-likeness (QED) is 0.547. The summed E-state index contributed by atoms with van der Waals surface area (Å²) in [6.45, 7) is 6.65. The maximum atomic E-state index is 14.3. The normalized spacial score (nSPS) is 13.9. The molecule has 9 heteroatoms. The maximum absolute atomic E-state index is 14.3. The first-order valence-electron chi connectivity index (χ1n) is 11.0. The van der Waals surface area contributed by atoms with Crippen LogP contribution in [0.2, 0.25) is 0 Å². The summed E-state index contributed by atoms with van der Waals surface area (Å²) in [7, 11) is -3.58. The first kappa shape index (κ1) is 23.1. The van der Waals surface area contributed by atoms with Crippen LogP contribution < -0.4 is 4.90 Å². The summed E-state index contributed by atoms with van der Waals surface area (Å²) in [5.74, 6) is -0.664. The molecule has 2 heterocycles. The van der Waals surface area contributed by atoms with Gasteiger partial charge in [0.15, 0.2) is 0 Å². The number of aromatic nitrogens is 2. The van der Waals surface area contributed by atoms with Crippen molar-refractivity contribution in [1.82, 2.24) is 14.1 Å². The standard InChI is InChI=1S/C24H27FN4O3S/c1-4-27(5-2)33(31,32)19-12-13-22-18(15-19)9-8-14-28(22)24(30)20-16-26-29(17(20)3)23-11-7-6-10-21(23)25/h6-7,10-13,15-16H,4-5,8-9,14H2,1-3H3. The third-order valence-corrected chi connectivity index (χ3v) is 8.12. The van der Waals surface area contributed by atoms with Crippen molar-refractivity contribution in [1.29, 1.82) is 0 Å². The van der Waals surface area contributed by atoms with Gasteiger partial charge >= 0.3 is 0 Å². The van der Waals surface area contributed by atoms with Crippen LogP contribution in [0.5, 0.6) is 0 Å². The van der Waals surface area contributed by atoms with Gasteiger partial charge in [-0.3, -0.25) is 4.79 Å². The fourth-order valence-electron chi connectivity index (χ4n) is 4.29. The van der Waals surface area contributed by atoms with Crippen molar-refractivity contribution in [2.24, 2.45) is 0 Å². The Morgan fingerprint density at radius 1 is 1.12 bits per heavy atom. The smallest absolute Gasteiger partial charge is 0.261 e. The number of carbonyl (C=O) groups excluding carboxylic acids is 1. The Kier molecular flexibility index (Phi) is 6.36. The van der Waals surface area contributed by atoms with Gasteiger partial charge in [-0.15, -0.1) is 0 Å². The van der Waals surface area contributed by atoms with Gasteiger partial charge in [0.25, 0.3) is 5.91 Å². The van der Waals surface area contributed by atoms with E-state index in [-0.39, 0.29) is 16.5 Å². The zero-order chi connectivity index (χ0) is 23.8. The molecular weight excluding hydrogens is 443 g/mol. The molecule has 0 atom stereocenters. The van der Waals surface area contributed by atoms with E-state index in [4.69, 9.17) is 0 Å². The average molecular weight is 471 g/mol. The van der Waals surface area contributed by atoms with Crippen molar-refractivity contribution >= 4 is 21.6 Å². The summed E-state index contributed by atoms with van der Waals surface area (Å²) in [6.07, 6.45) is 2.86. The number of sulfonamides is 1. The number of para-hydroxylation sites is 1. The summed E-state index contributed by atoms with van der Waals surface area (Å²) < 4.78 is 43.0. The van der Waals surface area contributed by atoms with Gasteiger partial charge in [0.2, 0.25) is 10.0 Å². The molecule has 0 spiro atoms. The van der Waals surface area contributed by atoms with Gasteiger partial charge in [-0.05, 0) is 55.7 Å². The fraction of sp³-hybridized carbons (Fsp3) is 0.333. The molecule has 0 aliphatic carbocycles. The Labute approximate surface area is 193 Å². The highest BCUT2D eigenvalue weighted by molar-refractivity contribution is 7.89. The number of fused-ring (bicyclic) bond motifs is 1. The molecule has 0 radical (unpaired) electrons. The maximum Gasteiger partial charge on any atom is 0.261 e. The Morgan fingerprint density at radius 2 is 1.85 bits per heavy atom. The topological polar surface area (TPSA) is 75.5 Å². The third-order valence-electron chi connectivity index (χ3n) is 6.08. The van der Waals surface area contributed by atoms with Gasteiger partial charge in [-0.1, -0.05) is 26.0 Å². The summed E-state index contributed by atoms with van der Waals surface area (Å²) in [5, 5.41) is 4.25.